The van der Waals surface area contributed by atoms with Crippen molar-refractivity contribution in [3.63, 3.8) is 0 Å². The third-order valence-corrected chi connectivity index (χ3v) is 3.33. The monoisotopic (exact) mass is 280 g/mol. The van der Waals surface area contributed by atoms with E-state index in [1.165, 1.54) is 0 Å². The van der Waals surface area contributed by atoms with Gasteiger partial charge in [0.2, 0.25) is 0 Å². The van der Waals surface area contributed by atoms with Gasteiger partial charge in [0.1, 0.15) is 0 Å². The Morgan fingerprint density at radius 1 is 1.14 bits per heavy atom. The molecule has 5 nitrogen and oxygen atoms in total. The van der Waals surface area contributed by atoms with E-state index in [4.69, 9.17) is 0 Å². The fraction of sp³-hybridized carbons (Fsp3) is 0.188. The molecule has 2 heterocycles. The Bertz CT molecular complexity index is 736. The summed E-state index contributed by atoms with van der Waals surface area (Å²) in [5.74, 6) is -0.0669. The van der Waals surface area contributed by atoms with Gasteiger partial charge in [0.25, 0.3) is 5.91 Å². The van der Waals surface area contributed by atoms with Crippen molar-refractivity contribution >= 4 is 16.8 Å². The molecule has 0 saturated carbocycles. The number of carbonyl (C=O) groups is 1. The lowest BCUT2D eigenvalue weighted by Crippen LogP contribution is -2.25. The molecule has 106 valence electrons. The first-order valence-electron chi connectivity index (χ1n) is 6.93. The third-order valence-electron chi connectivity index (χ3n) is 3.33. The minimum Gasteiger partial charge on any atom is -0.352 e. The largest absolute Gasteiger partial charge is 0.352 e. The van der Waals surface area contributed by atoms with Gasteiger partial charge in [-0.15, -0.1) is 0 Å². The van der Waals surface area contributed by atoms with Crippen LogP contribution in [0.25, 0.3) is 10.9 Å². The van der Waals surface area contributed by atoms with E-state index < -0.39 is 0 Å². The smallest absolute Gasteiger partial charge is 0.251 e. The fourth-order valence-electron chi connectivity index (χ4n) is 2.24. The molecule has 0 atom stereocenters. The second-order valence-electron chi connectivity index (χ2n) is 4.77. The van der Waals surface area contributed by atoms with Crippen LogP contribution in [0.1, 0.15) is 16.8 Å². The van der Waals surface area contributed by atoms with Gasteiger partial charge in [0.05, 0.1) is 11.7 Å². The van der Waals surface area contributed by atoms with Gasteiger partial charge in [-0.25, -0.2) is 0 Å². The van der Waals surface area contributed by atoms with Crippen LogP contribution in [0.3, 0.4) is 0 Å². The number of aryl methyl sites for hydroxylation is 1. The van der Waals surface area contributed by atoms with Crippen molar-refractivity contribution < 1.29 is 4.79 Å². The van der Waals surface area contributed by atoms with E-state index in [0.717, 1.165) is 23.9 Å². The summed E-state index contributed by atoms with van der Waals surface area (Å²) in [5.41, 5.74) is 1.76. The van der Waals surface area contributed by atoms with Crippen molar-refractivity contribution in [2.75, 3.05) is 6.54 Å². The average molecular weight is 280 g/mol. The molecule has 0 fully saturated rings. The molecular weight excluding hydrogens is 264 g/mol. The number of aromatic nitrogens is 3. The number of rotatable bonds is 5. The third kappa shape index (κ3) is 3.08. The quantitative estimate of drug-likeness (QED) is 0.729. The fourth-order valence-corrected chi connectivity index (χ4v) is 2.24. The summed E-state index contributed by atoms with van der Waals surface area (Å²) < 4.78 is 1.97. The molecule has 0 radical (unpaired) electrons. The second-order valence-corrected chi connectivity index (χ2v) is 4.77. The Morgan fingerprint density at radius 2 is 1.95 bits per heavy atom. The van der Waals surface area contributed by atoms with Crippen molar-refractivity contribution in [2.24, 2.45) is 0 Å². The van der Waals surface area contributed by atoms with Crippen LogP contribution in [-0.2, 0) is 6.54 Å². The summed E-state index contributed by atoms with van der Waals surface area (Å²) in [7, 11) is 0. The average Bonchev–Trinajstić information content (AvgIpc) is 2.95. The number of fused-ring (bicyclic) bond motifs is 1. The number of nitrogens with zero attached hydrogens (tertiary/aromatic N) is 3. The van der Waals surface area contributed by atoms with Crippen LogP contribution < -0.4 is 5.32 Å². The molecule has 5 heteroatoms. The molecule has 0 saturated heterocycles. The van der Waals surface area contributed by atoms with Gasteiger partial charge >= 0.3 is 0 Å². The van der Waals surface area contributed by atoms with E-state index in [2.05, 4.69) is 21.5 Å². The van der Waals surface area contributed by atoms with Gasteiger partial charge < -0.3 is 5.32 Å². The standard InChI is InChI=1S/C16H16N4O/c21-16(13-6-9-17-10-7-13)18-8-3-11-20-15-5-2-1-4-14(15)12-19-20/h1-2,4-7,9-10,12H,3,8,11H2,(H,18,21). The van der Waals surface area contributed by atoms with Crippen LogP contribution in [0.4, 0.5) is 0 Å². The van der Waals surface area contributed by atoms with Crippen molar-refractivity contribution in [2.45, 2.75) is 13.0 Å². The zero-order chi connectivity index (χ0) is 14.5. The van der Waals surface area contributed by atoms with E-state index in [1.807, 2.05) is 29.1 Å². The minimum absolute atomic E-state index is 0.0669. The van der Waals surface area contributed by atoms with E-state index in [1.54, 1.807) is 24.5 Å². The van der Waals surface area contributed by atoms with Crippen molar-refractivity contribution in [1.29, 1.82) is 0 Å². The van der Waals surface area contributed by atoms with Gasteiger partial charge in [-0.3, -0.25) is 14.5 Å². The predicted molar refractivity (Wildman–Crippen MR) is 80.9 cm³/mol. The Balaban J connectivity index is 1.52. The highest BCUT2D eigenvalue weighted by atomic mass is 16.1. The van der Waals surface area contributed by atoms with Crippen LogP contribution in [-0.4, -0.2) is 27.2 Å². The van der Waals surface area contributed by atoms with Crippen molar-refractivity contribution in [3.8, 4) is 0 Å². The lowest BCUT2D eigenvalue weighted by Gasteiger charge is -2.06. The van der Waals surface area contributed by atoms with Crippen molar-refractivity contribution in [1.82, 2.24) is 20.1 Å². The molecule has 0 bridgehead atoms. The summed E-state index contributed by atoms with van der Waals surface area (Å²) in [5, 5.41) is 8.40. The molecule has 21 heavy (non-hydrogen) atoms. The number of nitrogens with one attached hydrogen (secondary N) is 1. The summed E-state index contributed by atoms with van der Waals surface area (Å²) in [6.45, 7) is 1.40. The molecule has 1 N–H and O–H groups in total. The van der Waals surface area contributed by atoms with E-state index in [0.29, 0.717) is 12.1 Å². The number of amides is 1. The van der Waals surface area contributed by atoms with E-state index in [9.17, 15) is 4.79 Å². The van der Waals surface area contributed by atoms with E-state index in [-0.39, 0.29) is 5.91 Å². The van der Waals surface area contributed by atoms with Crippen LogP contribution in [0, 0.1) is 0 Å². The molecule has 3 rings (SSSR count). The first-order chi connectivity index (χ1) is 10.3. The highest BCUT2D eigenvalue weighted by molar-refractivity contribution is 5.93. The van der Waals surface area contributed by atoms with Crippen LogP contribution >= 0.6 is 0 Å². The highest BCUT2D eigenvalue weighted by Crippen LogP contribution is 2.12. The van der Waals surface area contributed by atoms with Crippen molar-refractivity contribution in [3.05, 3.63) is 60.6 Å². The summed E-state index contributed by atoms with van der Waals surface area (Å²) in [4.78, 5) is 15.8. The molecule has 1 amide bonds. The molecule has 0 aliphatic heterocycles. The molecule has 2 aromatic heterocycles. The van der Waals surface area contributed by atoms with Gasteiger partial charge in [-0.2, -0.15) is 5.10 Å². The molecule has 3 aromatic rings. The Hall–Kier alpha value is -2.69. The number of pyridine rings is 1. The number of benzene rings is 1. The zero-order valence-electron chi connectivity index (χ0n) is 11.6. The molecule has 0 spiro atoms. The van der Waals surface area contributed by atoms with Crippen LogP contribution in [0.2, 0.25) is 0 Å². The van der Waals surface area contributed by atoms with E-state index >= 15 is 0 Å². The second kappa shape index (κ2) is 6.17. The minimum atomic E-state index is -0.0669. The molecule has 0 aliphatic carbocycles. The Morgan fingerprint density at radius 3 is 2.81 bits per heavy atom. The summed E-state index contributed by atoms with van der Waals surface area (Å²) in [6.07, 6.45) is 5.93. The molecular formula is C16H16N4O. The maximum absolute atomic E-state index is 11.9. The Labute approximate surface area is 122 Å². The first-order valence-corrected chi connectivity index (χ1v) is 6.93. The number of para-hydroxylation sites is 1. The first kappa shape index (κ1) is 13.3. The van der Waals surface area contributed by atoms with Gasteiger partial charge in [-0.1, -0.05) is 18.2 Å². The number of hydrogen-bond acceptors (Lipinski definition) is 3. The summed E-state index contributed by atoms with van der Waals surface area (Å²) >= 11 is 0. The van der Waals surface area contributed by atoms with Gasteiger partial charge in [0, 0.05) is 36.4 Å². The molecule has 0 unspecified atom stereocenters. The Kier molecular flexibility index (Phi) is 3.91. The SMILES string of the molecule is O=C(NCCCn1ncc2ccccc21)c1ccncc1. The highest BCUT2D eigenvalue weighted by Gasteiger charge is 2.04. The maximum Gasteiger partial charge on any atom is 0.251 e. The normalized spacial score (nSPS) is 10.7. The molecule has 1 aromatic carbocycles. The lowest BCUT2D eigenvalue weighted by atomic mass is 10.2. The zero-order valence-corrected chi connectivity index (χ0v) is 11.6. The topological polar surface area (TPSA) is 59.8 Å². The van der Waals surface area contributed by atoms with Crippen LogP contribution in [0.15, 0.2) is 55.0 Å². The predicted octanol–water partition coefficient (Wildman–Crippen LogP) is 2.25. The van der Waals surface area contributed by atoms with Gasteiger partial charge in [-0.05, 0) is 24.6 Å². The van der Waals surface area contributed by atoms with Crippen LogP contribution in [0.5, 0.6) is 0 Å². The molecule has 0 aliphatic rings. The summed E-state index contributed by atoms with van der Waals surface area (Å²) in [6, 6.07) is 11.5. The maximum atomic E-state index is 11.9. The lowest BCUT2D eigenvalue weighted by molar-refractivity contribution is 0.0952. The number of carbonyl (C=O) groups excluding carboxylic acids is 1. The number of hydrogen-bond donors (Lipinski definition) is 1. The van der Waals surface area contributed by atoms with Gasteiger partial charge in [0.15, 0.2) is 0 Å².